The molecule has 0 aromatic carbocycles. The molecule has 1 N–H and O–H groups in total. The number of rotatable bonds is 2. The van der Waals surface area contributed by atoms with E-state index in [0.29, 0.717) is 6.42 Å². The summed E-state index contributed by atoms with van der Waals surface area (Å²) < 4.78 is 1.72. The van der Waals surface area contributed by atoms with Crippen LogP contribution in [0.5, 0.6) is 0 Å². The first-order chi connectivity index (χ1) is 7.30. The Kier molecular flexibility index (Phi) is 2.29. The average molecular weight is 223 g/mol. The van der Waals surface area contributed by atoms with Gasteiger partial charge in [-0.1, -0.05) is 20.8 Å². The molecule has 5 heteroatoms. The number of aryl methyl sites for hydroxylation is 1. The lowest BCUT2D eigenvalue weighted by Crippen LogP contribution is -2.13. The number of hydrogen-bond acceptors (Lipinski definition) is 3. The Labute approximate surface area is 94.5 Å². The van der Waals surface area contributed by atoms with Crippen LogP contribution in [0.15, 0.2) is 0 Å². The van der Waals surface area contributed by atoms with Gasteiger partial charge in [-0.3, -0.25) is 9.48 Å². The molecule has 2 rings (SSSR count). The highest BCUT2D eigenvalue weighted by molar-refractivity contribution is 5.74. The molecule has 1 fully saturated rings. The number of carboxylic acid groups (broad SMARTS) is 1. The third-order valence-corrected chi connectivity index (χ3v) is 2.91. The summed E-state index contributed by atoms with van der Waals surface area (Å²) in [6.07, 6.45) is 0.686. The van der Waals surface area contributed by atoms with Crippen molar-refractivity contribution in [3.8, 4) is 0 Å². The van der Waals surface area contributed by atoms with Gasteiger partial charge in [0.05, 0.1) is 5.92 Å². The summed E-state index contributed by atoms with van der Waals surface area (Å²) in [7, 11) is 1.83. The minimum atomic E-state index is -0.731. The zero-order valence-electron chi connectivity index (χ0n) is 10.1. The van der Waals surface area contributed by atoms with Crippen molar-refractivity contribution in [1.29, 1.82) is 0 Å². The van der Waals surface area contributed by atoms with Crippen LogP contribution in [0.2, 0.25) is 0 Å². The molecule has 2 unspecified atom stereocenters. The van der Waals surface area contributed by atoms with Crippen LogP contribution in [0, 0.1) is 5.92 Å². The molecule has 1 heterocycles. The fourth-order valence-corrected chi connectivity index (χ4v) is 1.79. The van der Waals surface area contributed by atoms with Gasteiger partial charge in [0.15, 0.2) is 5.82 Å². The van der Waals surface area contributed by atoms with E-state index in [4.69, 9.17) is 5.11 Å². The van der Waals surface area contributed by atoms with Crippen molar-refractivity contribution in [2.45, 2.75) is 38.5 Å². The molecular weight excluding hydrogens is 206 g/mol. The Balaban J connectivity index is 2.25. The average Bonchev–Trinajstić information content (AvgIpc) is 2.82. The number of aromatic nitrogens is 3. The second kappa shape index (κ2) is 3.30. The van der Waals surface area contributed by atoms with E-state index >= 15 is 0 Å². The Morgan fingerprint density at radius 3 is 2.50 bits per heavy atom. The van der Waals surface area contributed by atoms with E-state index in [-0.39, 0.29) is 17.3 Å². The summed E-state index contributed by atoms with van der Waals surface area (Å²) in [6, 6.07) is 0. The highest BCUT2D eigenvalue weighted by atomic mass is 16.4. The Morgan fingerprint density at radius 1 is 1.50 bits per heavy atom. The van der Waals surface area contributed by atoms with Crippen molar-refractivity contribution in [3.05, 3.63) is 11.6 Å². The molecule has 0 bridgehead atoms. The number of nitrogens with zero attached hydrogens (tertiary/aromatic N) is 3. The Bertz CT molecular complexity index is 431. The fourth-order valence-electron chi connectivity index (χ4n) is 1.79. The van der Waals surface area contributed by atoms with Gasteiger partial charge in [-0.2, -0.15) is 5.10 Å². The molecule has 88 valence electrons. The van der Waals surface area contributed by atoms with Crippen LogP contribution < -0.4 is 0 Å². The smallest absolute Gasteiger partial charge is 0.307 e. The molecule has 2 atom stereocenters. The van der Waals surface area contributed by atoms with E-state index in [1.807, 2.05) is 27.8 Å². The molecule has 0 radical (unpaired) electrons. The predicted octanol–water partition coefficient (Wildman–Crippen LogP) is 1.30. The highest BCUT2D eigenvalue weighted by Crippen LogP contribution is 2.46. The van der Waals surface area contributed by atoms with E-state index in [9.17, 15) is 4.79 Å². The lowest BCUT2D eigenvalue weighted by atomic mass is 9.96. The van der Waals surface area contributed by atoms with Gasteiger partial charge in [-0.15, -0.1) is 0 Å². The Morgan fingerprint density at radius 2 is 2.12 bits per heavy atom. The van der Waals surface area contributed by atoms with Gasteiger partial charge in [-0.25, -0.2) is 4.98 Å². The van der Waals surface area contributed by atoms with Crippen LogP contribution in [0.4, 0.5) is 0 Å². The Hall–Kier alpha value is -1.39. The van der Waals surface area contributed by atoms with Crippen LogP contribution in [0.3, 0.4) is 0 Å². The summed E-state index contributed by atoms with van der Waals surface area (Å²) in [5.41, 5.74) is -0.0936. The standard InChI is InChI=1S/C11H17N3O2/c1-11(2,3)10-12-8(14(4)13-10)6-5-7(6)9(15)16/h6-7H,5H2,1-4H3,(H,15,16). The number of carbonyl (C=O) groups is 1. The van der Waals surface area contributed by atoms with Crippen molar-refractivity contribution in [3.63, 3.8) is 0 Å². The first kappa shape index (κ1) is 11.1. The predicted molar refractivity (Wildman–Crippen MR) is 58.2 cm³/mol. The highest BCUT2D eigenvalue weighted by Gasteiger charge is 2.47. The van der Waals surface area contributed by atoms with Gasteiger partial charge < -0.3 is 5.11 Å². The van der Waals surface area contributed by atoms with Gasteiger partial charge in [0.25, 0.3) is 0 Å². The SMILES string of the molecule is Cn1nc(C(C)(C)C)nc1C1CC1C(=O)O. The van der Waals surface area contributed by atoms with Gasteiger partial charge in [0.2, 0.25) is 0 Å². The zero-order chi connectivity index (χ0) is 12.1. The van der Waals surface area contributed by atoms with Crippen molar-refractivity contribution in [2.75, 3.05) is 0 Å². The maximum Gasteiger partial charge on any atom is 0.307 e. The zero-order valence-corrected chi connectivity index (χ0v) is 10.1. The van der Waals surface area contributed by atoms with Crippen LogP contribution >= 0.6 is 0 Å². The lowest BCUT2D eigenvalue weighted by Gasteiger charge is -2.11. The summed E-state index contributed by atoms with van der Waals surface area (Å²) in [6.45, 7) is 6.15. The van der Waals surface area contributed by atoms with Crippen molar-refractivity contribution < 1.29 is 9.90 Å². The molecule has 0 aliphatic heterocycles. The van der Waals surface area contributed by atoms with Crippen LogP contribution in [-0.4, -0.2) is 25.8 Å². The molecule has 5 nitrogen and oxygen atoms in total. The van der Waals surface area contributed by atoms with E-state index in [0.717, 1.165) is 11.6 Å². The number of hydrogen-bond donors (Lipinski definition) is 1. The third-order valence-electron chi connectivity index (χ3n) is 2.91. The van der Waals surface area contributed by atoms with E-state index in [1.54, 1.807) is 4.68 Å². The van der Waals surface area contributed by atoms with Gasteiger partial charge in [-0.05, 0) is 6.42 Å². The van der Waals surface area contributed by atoms with Gasteiger partial charge >= 0.3 is 5.97 Å². The lowest BCUT2D eigenvalue weighted by molar-refractivity contribution is -0.138. The maximum absolute atomic E-state index is 10.8. The minimum absolute atomic E-state index is 0.0473. The normalized spacial score (nSPS) is 24.5. The molecule has 1 aromatic heterocycles. The second-order valence-corrected chi connectivity index (χ2v) is 5.45. The summed E-state index contributed by atoms with van der Waals surface area (Å²) >= 11 is 0. The third kappa shape index (κ3) is 1.81. The summed E-state index contributed by atoms with van der Waals surface area (Å²) in [4.78, 5) is 15.3. The van der Waals surface area contributed by atoms with Gasteiger partial charge in [0.1, 0.15) is 5.82 Å². The number of carboxylic acids is 1. The van der Waals surface area contributed by atoms with Crippen molar-refractivity contribution >= 4 is 5.97 Å². The maximum atomic E-state index is 10.8. The van der Waals surface area contributed by atoms with Gasteiger partial charge in [0, 0.05) is 18.4 Å². The second-order valence-electron chi connectivity index (χ2n) is 5.45. The van der Waals surface area contributed by atoms with E-state index in [1.165, 1.54) is 0 Å². The molecule has 1 aromatic rings. The van der Waals surface area contributed by atoms with Crippen molar-refractivity contribution in [1.82, 2.24) is 14.8 Å². The topological polar surface area (TPSA) is 68.0 Å². The molecule has 16 heavy (non-hydrogen) atoms. The molecule has 1 saturated carbocycles. The molecule has 0 saturated heterocycles. The fraction of sp³-hybridized carbons (Fsp3) is 0.727. The summed E-state index contributed by atoms with van der Waals surface area (Å²) in [5.74, 6) is 0.630. The minimum Gasteiger partial charge on any atom is -0.481 e. The monoisotopic (exact) mass is 223 g/mol. The van der Waals surface area contributed by atoms with E-state index < -0.39 is 5.97 Å². The quantitative estimate of drug-likeness (QED) is 0.820. The molecule has 1 aliphatic rings. The largest absolute Gasteiger partial charge is 0.481 e. The van der Waals surface area contributed by atoms with E-state index in [2.05, 4.69) is 10.1 Å². The summed E-state index contributed by atoms with van der Waals surface area (Å²) in [5, 5.41) is 13.2. The van der Waals surface area contributed by atoms with Crippen LogP contribution in [-0.2, 0) is 17.3 Å². The first-order valence-electron chi connectivity index (χ1n) is 5.45. The van der Waals surface area contributed by atoms with Crippen LogP contribution in [0.1, 0.15) is 44.8 Å². The van der Waals surface area contributed by atoms with Crippen LogP contribution in [0.25, 0.3) is 0 Å². The molecule has 0 amide bonds. The first-order valence-corrected chi connectivity index (χ1v) is 5.45. The molecule has 0 spiro atoms. The molecule has 1 aliphatic carbocycles. The molecular formula is C11H17N3O2. The van der Waals surface area contributed by atoms with Crippen molar-refractivity contribution in [2.24, 2.45) is 13.0 Å². The number of aliphatic carboxylic acids is 1.